The Morgan fingerprint density at radius 2 is 2.00 bits per heavy atom. The van der Waals surface area contributed by atoms with Gasteiger partial charge in [0.1, 0.15) is 0 Å². The number of aromatic amines is 1. The van der Waals surface area contributed by atoms with E-state index in [9.17, 15) is 9.59 Å². The predicted octanol–water partition coefficient (Wildman–Crippen LogP) is 2.09. The van der Waals surface area contributed by atoms with E-state index in [4.69, 9.17) is 19.5 Å². The van der Waals surface area contributed by atoms with Crippen LogP contribution in [-0.4, -0.2) is 36.6 Å². The molecule has 0 aliphatic carbocycles. The highest BCUT2D eigenvalue weighted by Crippen LogP contribution is 2.28. The van der Waals surface area contributed by atoms with Gasteiger partial charge in [0.15, 0.2) is 24.7 Å². The van der Waals surface area contributed by atoms with Crippen LogP contribution in [-0.2, 0) is 9.53 Å². The molecule has 0 saturated carbocycles. The fraction of sp³-hybridized carbons (Fsp3) is 0.235. The number of nitrogens with one attached hydrogen (secondary N) is 1. The number of ether oxygens (including phenoxy) is 3. The first-order valence-electron chi connectivity index (χ1n) is 7.26. The maximum Gasteiger partial charge on any atom is 0.344 e. The summed E-state index contributed by atoms with van der Waals surface area (Å²) in [6.07, 6.45) is 1.61. The Balaban J connectivity index is 1.87. The number of hydrogen-bond donors (Lipinski definition) is 1. The molecule has 0 fully saturated rings. The lowest BCUT2D eigenvalue weighted by Gasteiger charge is -2.11. The lowest BCUT2D eigenvalue weighted by Crippen LogP contribution is -2.19. The number of H-pyrrole nitrogens is 1. The largest absolute Gasteiger partial charge is 0.490 e. The molecule has 0 aliphatic rings. The second-order valence-electron chi connectivity index (χ2n) is 4.66. The van der Waals surface area contributed by atoms with Crippen molar-refractivity contribution in [3.63, 3.8) is 0 Å². The van der Waals surface area contributed by atoms with Crippen molar-refractivity contribution in [1.29, 1.82) is 5.26 Å². The molecule has 7 heteroatoms. The highest BCUT2D eigenvalue weighted by atomic mass is 16.6. The van der Waals surface area contributed by atoms with Crippen LogP contribution < -0.4 is 9.47 Å². The fourth-order valence-corrected chi connectivity index (χ4v) is 1.87. The molecule has 0 spiro atoms. The second-order valence-corrected chi connectivity index (χ2v) is 4.66. The molecular formula is C17H16N2O5. The van der Waals surface area contributed by atoms with Crippen LogP contribution in [0, 0.1) is 11.3 Å². The van der Waals surface area contributed by atoms with Crippen LogP contribution in [0.2, 0.25) is 0 Å². The first-order valence-corrected chi connectivity index (χ1v) is 7.26. The van der Waals surface area contributed by atoms with E-state index in [2.05, 4.69) is 4.98 Å². The molecule has 7 nitrogen and oxygen atoms in total. The van der Waals surface area contributed by atoms with E-state index in [0.29, 0.717) is 29.4 Å². The monoisotopic (exact) mass is 328 g/mol. The molecule has 0 saturated heterocycles. The second kappa shape index (κ2) is 8.39. The maximum absolute atomic E-state index is 11.7. The van der Waals surface area contributed by atoms with Gasteiger partial charge in [-0.25, -0.2) is 4.79 Å². The Morgan fingerprint density at radius 3 is 2.67 bits per heavy atom. The number of hydrogen-bond acceptors (Lipinski definition) is 6. The highest BCUT2D eigenvalue weighted by molar-refractivity contribution is 5.96. The van der Waals surface area contributed by atoms with Gasteiger partial charge in [0.05, 0.1) is 23.9 Å². The Hall–Kier alpha value is -3.27. The molecule has 0 radical (unpaired) electrons. The highest BCUT2D eigenvalue weighted by Gasteiger charge is 2.13. The number of ketones is 1. The van der Waals surface area contributed by atoms with Gasteiger partial charge < -0.3 is 19.2 Å². The maximum atomic E-state index is 11.7. The quantitative estimate of drug-likeness (QED) is 0.588. The average Bonchev–Trinajstić information content (AvgIpc) is 3.13. The number of carbonyl (C=O) groups excluding carboxylic acids is 2. The zero-order chi connectivity index (χ0) is 17.4. The molecule has 2 aromatic rings. The van der Waals surface area contributed by atoms with Crippen LogP contribution in [0.5, 0.6) is 11.5 Å². The van der Waals surface area contributed by atoms with Crippen molar-refractivity contribution < 1.29 is 23.8 Å². The number of carbonyl (C=O) groups is 2. The summed E-state index contributed by atoms with van der Waals surface area (Å²) < 4.78 is 15.6. The van der Waals surface area contributed by atoms with Gasteiger partial charge in [-0.3, -0.25) is 4.79 Å². The number of benzene rings is 1. The first-order chi connectivity index (χ1) is 11.6. The molecule has 0 unspecified atom stereocenters. The molecule has 0 aliphatic heterocycles. The van der Waals surface area contributed by atoms with E-state index in [1.807, 2.05) is 6.07 Å². The molecule has 1 heterocycles. The molecule has 1 N–H and O–H groups in total. The fourth-order valence-electron chi connectivity index (χ4n) is 1.87. The zero-order valence-corrected chi connectivity index (χ0v) is 13.1. The molecule has 0 bridgehead atoms. The van der Waals surface area contributed by atoms with E-state index in [0.717, 1.165) is 0 Å². The Kier molecular flexibility index (Phi) is 5.97. The Morgan fingerprint density at radius 1 is 1.17 bits per heavy atom. The smallest absolute Gasteiger partial charge is 0.344 e. The van der Waals surface area contributed by atoms with Gasteiger partial charge >= 0.3 is 5.97 Å². The van der Waals surface area contributed by atoms with Crippen LogP contribution in [0.4, 0.5) is 0 Å². The summed E-state index contributed by atoms with van der Waals surface area (Å²) >= 11 is 0. The van der Waals surface area contributed by atoms with Gasteiger partial charge in [0.2, 0.25) is 5.78 Å². The number of Topliss-reactive ketones (excluding diaryl/α,β-unsaturated/α-hetero) is 1. The van der Waals surface area contributed by atoms with E-state index < -0.39 is 5.97 Å². The number of aromatic nitrogens is 1. The molecule has 1 aromatic heterocycles. The summed E-state index contributed by atoms with van der Waals surface area (Å²) in [7, 11) is 0. The van der Waals surface area contributed by atoms with Crippen molar-refractivity contribution in [3.05, 3.63) is 47.8 Å². The minimum absolute atomic E-state index is 0.323. The van der Waals surface area contributed by atoms with Crippen LogP contribution in [0.15, 0.2) is 36.5 Å². The zero-order valence-electron chi connectivity index (χ0n) is 13.1. The summed E-state index contributed by atoms with van der Waals surface area (Å²) in [5.74, 6) is -0.321. The Bertz CT molecular complexity index is 747. The van der Waals surface area contributed by atoms with Gasteiger partial charge in [-0.05, 0) is 31.2 Å². The summed E-state index contributed by atoms with van der Waals surface area (Å²) in [6.45, 7) is 1.45. The summed E-state index contributed by atoms with van der Waals surface area (Å²) in [5.41, 5.74) is 0.791. The predicted molar refractivity (Wildman–Crippen MR) is 83.9 cm³/mol. The van der Waals surface area contributed by atoms with Crippen LogP contribution in [0.1, 0.15) is 23.0 Å². The van der Waals surface area contributed by atoms with Crippen molar-refractivity contribution in [3.8, 4) is 17.6 Å². The number of rotatable bonds is 8. The lowest BCUT2D eigenvalue weighted by molar-refractivity contribution is -0.144. The van der Waals surface area contributed by atoms with Crippen molar-refractivity contribution in [1.82, 2.24) is 4.98 Å². The standard InChI is InChI=1S/C17H16N2O5/c1-2-22-16-8-12(9-18)5-6-15(16)23-11-17(21)24-10-14(20)13-4-3-7-19-13/h3-8,19H,2,10-11H2,1H3. The summed E-state index contributed by atoms with van der Waals surface area (Å²) in [6, 6.07) is 9.89. The third kappa shape index (κ3) is 4.61. The van der Waals surface area contributed by atoms with Gasteiger partial charge in [-0.1, -0.05) is 0 Å². The van der Waals surface area contributed by atoms with E-state index >= 15 is 0 Å². The van der Waals surface area contributed by atoms with E-state index in [1.165, 1.54) is 6.07 Å². The van der Waals surface area contributed by atoms with Crippen molar-refractivity contribution in [2.45, 2.75) is 6.92 Å². The molecule has 0 atom stereocenters. The minimum Gasteiger partial charge on any atom is -0.490 e. The third-order valence-corrected chi connectivity index (χ3v) is 2.98. The van der Waals surface area contributed by atoms with Gasteiger partial charge in [-0.2, -0.15) is 5.26 Å². The minimum atomic E-state index is -0.679. The van der Waals surface area contributed by atoms with Crippen LogP contribution in [0.25, 0.3) is 0 Å². The first kappa shape index (κ1) is 17.1. The normalized spacial score (nSPS) is 9.83. The topological polar surface area (TPSA) is 101 Å². The van der Waals surface area contributed by atoms with E-state index in [1.54, 1.807) is 37.4 Å². The van der Waals surface area contributed by atoms with Gasteiger partial charge in [0.25, 0.3) is 0 Å². The number of esters is 1. The number of nitriles is 1. The average molecular weight is 328 g/mol. The lowest BCUT2D eigenvalue weighted by atomic mass is 10.2. The van der Waals surface area contributed by atoms with E-state index in [-0.39, 0.29) is 19.0 Å². The molecule has 2 rings (SSSR count). The molecular weight excluding hydrogens is 312 g/mol. The summed E-state index contributed by atoms with van der Waals surface area (Å²) in [5, 5.41) is 8.88. The van der Waals surface area contributed by atoms with Gasteiger partial charge in [0, 0.05) is 12.3 Å². The van der Waals surface area contributed by atoms with Crippen molar-refractivity contribution in [2.75, 3.05) is 19.8 Å². The third-order valence-electron chi connectivity index (χ3n) is 2.98. The molecule has 124 valence electrons. The van der Waals surface area contributed by atoms with Crippen molar-refractivity contribution in [2.24, 2.45) is 0 Å². The SMILES string of the molecule is CCOc1cc(C#N)ccc1OCC(=O)OCC(=O)c1ccc[nH]1. The number of nitrogens with zero attached hydrogens (tertiary/aromatic N) is 1. The molecule has 1 aromatic carbocycles. The molecule has 0 amide bonds. The molecule has 24 heavy (non-hydrogen) atoms. The van der Waals surface area contributed by atoms with Crippen LogP contribution >= 0.6 is 0 Å². The summed E-state index contributed by atoms with van der Waals surface area (Å²) in [4.78, 5) is 26.1. The van der Waals surface area contributed by atoms with Crippen molar-refractivity contribution >= 4 is 11.8 Å². The Labute approximate surface area is 138 Å². The van der Waals surface area contributed by atoms with Gasteiger partial charge in [-0.15, -0.1) is 0 Å². The van der Waals surface area contributed by atoms with Crippen LogP contribution in [0.3, 0.4) is 0 Å².